The van der Waals surface area contributed by atoms with Crippen molar-refractivity contribution in [3.63, 3.8) is 0 Å². The molecule has 0 saturated carbocycles. The van der Waals surface area contributed by atoms with Gasteiger partial charge in [0, 0.05) is 74.9 Å². The zero-order valence-corrected chi connectivity index (χ0v) is 32.8. The van der Waals surface area contributed by atoms with Crippen molar-refractivity contribution >= 4 is 24.0 Å². The SMILES string of the molecule is CC(C)(C)OC(=O)N1CC[C@@H](Oc2cc(F)cc(C(=O)N3CCN(C(=O)c4ccc(O[C@H]5CCN(C(=O)OC(C)(C)C)C5)c(-c5ccc(F)cc5)c4)CC3)c2)C1. The Morgan fingerprint density at radius 3 is 1.62 bits per heavy atom. The van der Waals surface area contributed by atoms with Gasteiger partial charge in [-0.1, -0.05) is 12.1 Å². The molecular weight excluding hydrogens is 726 g/mol. The second kappa shape index (κ2) is 16.4. The Hall–Kier alpha value is -5.40. The zero-order valence-electron chi connectivity index (χ0n) is 32.8. The molecule has 14 heteroatoms. The van der Waals surface area contributed by atoms with E-state index < -0.39 is 35.0 Å². The van der Waals surface area contributed by atoms with Crippen LogP contribution in [0.2, 0.25) is 0 Å². The third-order valence-corrected chi connectivity index (χ3v) is 9.54. The molecule has 0 aliphatic carbocycles. The summed E-state index contributed by atoms with van der Waals surface area (Å²) in [5.41, 5.74) is 0.511. The molecule has 3 fully saturated rings. The molecule has 3 aromatic rings. The number of amides is 4. The molecule has 3 aromatic carbocycles. The smallest absolute Gasteiger partial charge is 0.410 e. The maximum atomic E-state index is 14.8. The van der Waals surface area contributed by atoms with Crippen LogP contribution in [0.4, 0.5) is 18.4 Å². The first-order valence-corrected chi connectivity index (χ1v) is 19.0. The molecule has 0 aromatic heterocycles. The summed E-state index contributed by atoms with van der Waals surface area (Å²) in [5.74, 6) is -0.980. The lowest BCUT2D eigenvalue weighted by molar-refractivity contribution is 0.0266. The largest absolute Gasteiger partial charge is 0.488 e. The van der Waals surface area contributed by atoms with Crippen molar-refractivity contribution in [1.82, 2.24) is 19.6 Å². The van der Waals surface area contributed by atoms with Crippen LogP contribution in [0.5, 0.6) is 11.5 Å². The quantitative estimate of drug-likeness (QED) is 0.252. The topological polar surface area (TPSA) is 118 Å². The molecule has 6 rings (SSSR count). The normalized spacial score (nSPS) is 18.9. The highest BCUT2D eigenvalue weighted by molar-refractivity contribution is 5.97. The number of hydrogen-bond donors (Lipinski definition) is 0. The molecule has 4 amide bonds. The number of hydrogen-bond acceptors (Lipinski definition) is 8. The molecule has 0 N–H and O–H groups in total. The number of rotatable bonds is 7. The molecule has 0 radical (unpaired) electrons. The van der Waals surface area contributed by atoms with Crippen LogP contribution in [-0.4, -0.2) is 119 Å². The summed E-state index contributed by atoms with van der Waals surface area (Å²) < 4.78 is 52.0. The monoisotopic (exact) mass is 776 g/mol. The van der Waals surface area contributed by atoms with Gasteiger partial charge in [-0.2, -0.15) is 0 Å². The third-order valence-electron chi connectivity index (χ3n) is 9.54. The van der Waals surface area contributed by atoms with E-state index in [1.165, 1.54) is 24.3 Å². The van der Waals surface area contributed by atoms with E-state index in [-0.39, 0.29) is 68.1 Å². The van der Waals surface area contributed by atoms with Crippen molar-refractivity contribution in [2.24, 2.45) is 0 Å². The van der Waals surface area contributed by atoms with Gasteiger partial charge in [-0.25, -0.2) is 18.4 Å². The van der Waals surface area contributed by atoms with E-state index in [1.807, 2.05) is 20.8 Å². The predicted octanol–water partition coefficient (Wildman–Crippen LogP) is 7.01. The van der Waals surface area contributed by atoms with Gasteiger partial charge in [0.05, 0.1) is 13.1 Å². The Bertz CT molecular complexity index is 1940. The highest BCUT2D eigenvalue weighted by Crippen LogP contribution is 2.34. The average Bonchev–Trinajstić information content (AvgIpc) is 3.80. The first kappa shape index (κ1) is 40.3. The van der Waals surface area contributed by atoms with Crippen molar-refractivity contribution in [2.75, 3.05) is 52.4 Å². The van der Waals surface area contributed by atoms with E-state index in [4.69, 9.17) is 18.9 Å². The number of benzene rings is 3. The zero-order chi connectivity index (χ0) is 40.4. The van der Waals surface area contributed by atoms with E-state index in [1.54, 1.807) is 70.7 Å². The number of halogens is 2. The van der Waals surface area contributed by atoms with Crippen molar-refractivity contribution < 1.29 is 46.9 Å². The van der Waals surface area contributed by atoms with Gasteiger partial charge in [-0.3, -0.25) is 9.59 Å². The lowest BCUT2D eigenvalue weighted by Crippen LogP contribution is -2.50. The van der Waals surface area contributed by atoms with Crippen LogP contribution >= 0.6 is 0 Å². The number of ether oxygens (including phenoxy) is 4. The molecule has 2 atom stereocenters. The van der Waals surface area contributed by atoms with Crippen molar-refractivity contribution in [3.8, 4) is 22.6 Å². The van der Waals surface area contributed by atoms with Crippen LogP contribution in [0.15, 0.2) is 60.7 Å². The standard InChI is InChI=1S/C42H50F2N4O8/c1-41(2,3)55-39(51)47-15-13-32(25-47)53-34-22-29(21-31(44)24-34)38(50)46-19-17-45(18-20-46)37(49)28-9-12-36(35(23-28)27-7-10-30(43)11-8-27)54-33-14-16-48(26-33)40(52)56-42(4,5)6/h7-12,21-24,32-33H,13-20,25-26H2,1-6H3/t32-,33+/m1/s1. The number of piperazine rings is 1. The number of nitrogens with zero attached hydrogens (tertiary/aromatic N) is 4. The van der Waals surface area contributed by atoms with Gasteiger partial charge in [-0.15, -0.1) is 0 Å². The lowest BCUT2D eigenvalue weighted by Gasteiger charge is -2.35. The molecule has 56 heavy (non-hydrogen) atoms. The first-order valence-electron chi connectivity index (χ1n) is 19.0. The van der Waals surface area contributed by atoms with Gasteiger partial charge < -0.3 is 38.5 Å². The summed E-state index contributed by atoms with van der Waals surface area (Å²) >= 11 is 0. The first-order chi connectivity index (χ1) is 26.4. The summed E-state index contributed by atoms with van der Waals surface area (Å²) in [6.07, 6.45) is -0.427. The van der Waals surface area contributed by atoms with Gasteiger partial charge in [-0.05, 0) is 89.6 Å². The number of likely N-dealkylation sites (tertiary alicyclic amines) is 2. The predicted molar refractivity (Wildman–Crippen MR) is 204 cm³/mol. The number of carbonyl (C=O) groups excluding carboxylic acids is 4. The van der Waals surface area contributed by atoms with Gasteiger partial charge in [0.1, 0.15) is 46.5 Å². The third kappa shape index (κ3) is 10.3. The van der Waals surface area contributed by atoms with Crippen molar-refractivity contribution in [2.45, 2.75) is 77.8 Å². The minimum atomic E-state index is -0.631. The molecule has 0 spiro atoms. The fourth-order valence-electron chi connectivity index (χ4n) is 6.86. The van der Waals surface area contributed by atoms with E-state index in [0.717, 1.165) is 6.07 Å². The molecule has 300 valence electrons. The highest BCUT2D eigenvalue weighted by atomic mass is 19.1. The maximum absolute atomic E-state index is 14.8. The molecule has 3 aliphatic heterocycles. The summed E-state index contributed by atoms with van der Waals surface area (Å²) in [6, 6.07) is 14.9. The fraction of sp³-hybridized carbons (Fsp3) is 0.476. The molecular formula is C42H50F2N4O8. The highest BCUT2D eigenvalue weighted by Gasteiger charge is 2.33. The summed E-state index contributed by atoms with van der Waals surface area (Å²) in [5, 5.41) is 0. The van der Waals surface area contributed by atoms with Gasteiger partial charge >= 0.3 is 12.2 Å². The van der Waals surface area contributed by atoms with Gasteiger partial charge in [0.25, 0.3) is 11.8 Å². The lowest BCUT2D eigenvalue weighted by atomic mass is 10.0. The Labute approximate surface area is 326 Å². The van der Waals surface area contributed by atoms with Crippen molar-refractivity contribution in [3.05, 3.63) is 83.4 Å². The van der Waals surface area contributed by atoms with Crippen LogP contribution in [0.1, 0.15) is 75.1 Å². The molecule has 3 heterocycles. The fourth-order valence-corrected chi connectivity index (χ4v) is 6.86. The Morgan fingerprint density at radius 1 is 0.571 bits per heavy atom. The Morgan fingerprint density at radius 2 is 1.09 bits per heavy atom. The van der Waals surface area contributed by atoms with Crippen LogP contribution in [-0.2, 0) is 9.47 Å². The Balaban J connectivity index is 1.08. The van der Waals surface area contributed by atoms with Gasteiger partial charge in [0.15, 0.2) is 0 Å². The second-order valence-corrected chi connectivity index (χ2v) is 16.4. The van der Waals surface area contributed by atoms with E-state index in [9.17, 15) is 28.0 Å². The molecule has 3 saturated heterocycles. The van der Waals surface area contributed by atoms with Crippen LogP contribution in [0.25, 0.3) is 11.1 Å². The molecule has 12 nitrogen and oxygen atoms in total. The maximum Gasteiger partial charge on any atom is 0.410 e. The minimum Gasteiger partial charge on any atom is -0.488 e. The average molecular weight is 777 g/mol. The molecule has 0 bridgehead atoms. The number of carbonyl (C=O) groups is 4. The van der Waals surface area contributed by atoms with Crippen LogP contribution < -0.4 is 9.47 Å². The minimum absolute atomic E-state index is 0.123. The van der Waals surface area contributed by atoms with Crippen LogP contribution in [0, 0.1) is 11.6 Å². The Kier molecular flexibility index (Phi) is 11.8. The van der Waals surface area contributed by atoms with E-state index in [2.05, 4.69) is 0 Å². The summed E-state index contributed by atoms with van der Waals surface area (Å²) in [6.45, 7) is 13.3. The summed E-state index contributed by atoms with van der Waals surface area (Å²) in [7, 11) is 0. The second-order valence-electron chi connectivity index (χ2n) is 16.4. The summed E-state index contributed by atoms with van der Waals surface area (Å²) in [4.78, 5) is 58.9. The van der Waals surface area contributed by atoms with Gasteiger partial charge in [0.2, 0.25) is 0 Å². The molecule has 0 unspecified atom stereocenters. The molecule has 3 aliphatic rings. The van der Waals surface area contributed by atoms with E-state index in [0.29, 0.717) is 54.9 Å². The van der Waals surface area contributed by atoms with Crippen molar-refractivity contribution in [1.29, 1.82) is 0 Å². The van der Waals surface area contributed by atoms with Crippen LogP contribution in [0.3, 0.4) is 0 Å². The van der Waals surface area contributed by atoms with E-state index >= 15 is 0 Å².